The highest BCUT2D eigenvalue weighted by Gasteiger charge is 2.60. The van der Waals surface area contributed by atoms with Crippen molar-refractivity contribution in [2.24, 2.45) is 11.3 Å². The van der Waals surface area contributed by atoms with Crippen LogP contribution in [0.2, 0.25) is 0 Å². The van der Waals surface area contributed by atoms with E-state index in [1.54, 1.807) is 7.11 Å². The largest absolute Gasteiger partial charge is 0.497 e. The van der Waals surface area contributed by atoms with Gasteiger partial charge in [0, 0.05) is 34.7 Å². The number of ether oxygens (including phenoxy) is 1. The Kier molecular flexibility index (Phi) is 5.89. The third-order valence-corrected chi connectivity index (χ3v) is 8.39. The summed E-state index contributed by atoms with van der Waals surface area (Å²) in [5, 5.41) is 4.25. The highest BCUT2D eigenvalue weighted by Crippen LogP contribution is 2.67. The average Bonchev–Trinajstić information content (AvgIpc) is 3.72. The molecule has 2 aliphatic rings. The second kappa shape index (κ2) is 8.68. The minimum Gasteiger partial charge on any atom is -0.497 e. The van der Waals surface area contributed by atoms with Crippen LogP contribution in [0.1, 0.15) is 64.1 Å². The number of anilines is 1. The van der Waals surface area contributed by atoms with Gasteiger partial charge in [0.2, 0.25) is 11.8 Å². The second-order valence-corrected chi connectivity index (χ2v) is 11.6. The molecule has 2 amide bonds. The number of rotatable bonds is 8. The van der Waals surface area contributed by atoms with Gasteiger partial charge in [-0.1, -0.05) is 32.0 Å². The zero-order valence-corrected chi connectivity index (χ0v) is 22.1. The van der Waals surface area contributed by atoms with Crippen LogP contribution in [0.15, 0.2) is 48.5 Å². The van der Waals surface area contributed by atoms with E-state index in [4.69, 9.17) is 4.74 Å². The van der Waals surface area contributed by atoms with E-state index in [9.17, 15) is 9.59 Å². The lowest BCUT2D eigenvalue weighted by molar-refractivity contribution is -0.144. The molecule has 3 aromatic rings. The lowest BCUT2D eigenvalue weighted by Gasteiger charge is -2.38. The first-order chi connectivity index (χ1) is 17.1. The van der Waals surface area contributed by atoms with Gasteiger partial charge in [-0.2, -0.15) is 0 Å². The molecule has 36 heavy (non-hydrogen) atoms. The Balaban J connectivity index is 1.34. The number of para-hydroxylation sites is 1. The van der Waals surface area contributed by atoms with Crippen molar-refractivity contribution in [2.45, 2.75) is 71.4 Å². The van der Waals surface area contributed by atoms with E-state index in [1.807, 2.05) is 49.1 Å². The number of aromatic nitrogens is 1. The Bertz CT molecular complexity index is 1300. The summed E-state index contributed by atoms with van der Waals surface area (Å²) in [5.41, 5.74) is 3.42. The lowest BCUT2D eigenvalue weighted by Crippen LogP contribution is -2.56. The van der Waals surface area contributed by atoms with E-state index in [0.29, 0.717) is 18.0 Å². The Morgan fingerprint density at radius 1 is 1.11 bits per heavy atom. The van der Waals surface area contributed by atoms with Crippen LogP contribution < -0.4 is 10.1 Å². The van der Waals surface area contributed by atoms with Crippen LogP contribution in [0.25, 0.3) is 10.9 Å². The van der Waals surface area contributed by atoms with Crippen molar-refractivity contribution in [1.82, 2.24) is 9.88 Å². The van der Waals surface area contributed by atoms with E-state index in [-0.39, 0.29) is 29.2 Å². The molecule has 5 rings (SSSR count). The molecule has 0 saturated heterocycles. The molecule has 6 heteroatoms. The summed E-state index contributed by atoms with van der Waals surface area (Å²) in [6, 6.07) is 15.8. The quantitative estimate of drug-likeness (QED) is 0.408. The van der Waals surface area contributed by atoms with E-state index in [1.165, 1.54) is 16.6 Å². The molecule has 2 aliphatic carbocycles. The van der Waals surface area contributed by atoms with Gasteiger partial charge in [-0.15, -0.1) is 0 Å². The Hall–Kier alpha value is -3.28. The van der Waals surface area contributed by atoms with Gasteiger partial charge in [0.15, 0.2) is 0 Å². The van der Waals surface area contributed by atoms with Gasteiger partial charge in [0.05, 0.1) is 7.11 Å². The molecule has 6 nitrogen and oxygen atoms in total. The Morgan fingerprint density at radius 3 is 2.42 bits per heavy atom. The summed E-state index contributed by atoms with van der Waals surface area (Å²) in [6.07, 6.45) is 2.35. The maximum absolute atomic E-state index is 13.8. The first kappa shape index (κ1) is 24.4. The third-order valence-electron chi connectivity index (χ3n) is 8.39. The molecule has 1 aromatic heterocycles. The van der Waals surface area contributed by atoms with Crippen molar-refractivity contribution >= 4 is 28.4 Å². The number of nitrogens with one attached hydrogen (secondary N) is 2. The van der Waals surface area contributed by atoms with Crippen LogP contribution in [-0.4, -0.2) is 40.4 Å². The number of methoxy groups -OCH3 is 1. The van der Waals surface area contributed by atoms with Gasteiger partial charge in [0.25, 0.3) is 0 Å². The predicted octanol–water partition coefficient (Wildman–Crippen LogP) is 6.02. The van der Waals surface area contributed by atoms with Crippen LogP contribution in [-0.2, 0) is 9.59 Å². The molecule has 2 aromatic carbocycles. The monoisotopic (exact) mass is 487 g/mol. The minimum atomic E-state index is -0.955. The van der Waals surface area contributed by atoms with Crippen molar-refractivity contribution in [3.8, 4) is 5.75 Å². The van der Waals surface area contributed by atoms with Crippen LogP contribution in [0.5, 0.6) is 5.75 Å². The van der Waals surface area contributed by atoms with E-state index in [2.05, 4.69) is 49.3 Å². The fourth-order valence-corrected chi connectivity index (χ4v) is 6.06. The topological polar surface area (TPSA) is 74.4 Å². The van der Waals surface area contributed by atoms with Gasteiger partial charge >= 0.3 is 0 Å². The molecule has 0 bridgehead atoms. The number of hydrogen-bond acceptors (Lipinski definition) is 3. The third kappa shape index (κ3) is 4.16. The standard InChI is InChI=1S/C30H37N3O3/c1-18-26(22-9-7-8-10-24(22)31-18)27-23(29(27,2)3)17-25(34)33(20-13-14-20)30(4,5)28(35)32-19-11-15-21(36-6)16-12-19/h7-12,15-16,20,23,27,31H,13-14,17H2,1-6H3,(H,32,35)/t23-,27+/m1/s1. The molecule has 0 aliphatic heterocycles. The number of H-pyrrole nitrogens is 1. The molecular weight excluding hydrogens is 450 g/mol. The fraction of sp³-hybridized carbons (Fsp3) is 0.467. The molecular formula is C30H37N3O3. The van der Waals surface area contributed by atoms with Crippen LogP contribution in [0.4, 0.5) is 5.69 Å². The van der Waals surface area contributed by atoms with Crippen molar-refractivity contribution < 1.29 is 14.3 Å². The van der Waals surface area contributed by atoms with Crippen molar-refractivity contribution in [3.05, 3.63) is 59.8 Å². The molecule has 2 N–H and O–H groups in total. The molecule has 1 heterocycles. The molecule has 2 saturated carbocycles. The van der Waals surface area contributed by atoms with Crippen LogP contribution in [0.3, 0.4) is 0 Å². The lowest BCUT2D eigenvalue weighted by atomic mass is 9.98. The number of amides is 2. The molecule has 190 valence electrons. The highest BCUT2D eigenvalue weighted by atomic mass is 16.5. The first-order valence-corrected chi connectivity index (χ1v) is 12.9. The van der Waals surface area contributed by atoms with E-state index >= 15 is 0 Å². The van der Waals surface area contributed by atoms with Gasteiger partial charge in [-0.3, -0.25) is 9.59 Å². The summed E-state index contributed by atoms with van der Waals surface area (Å²) in [6.45, 7) is 10.4. The number of nitrogens with zero attached hydrogens (tertiary/aromatic N) is 1. The van der Waals surface area contributed by atoms with Gasteiger partial charge in [-0.25, -0.2) is 0 Å². The minimum absolute atomic E-state index is 0.0239. The van der Waals surface area contributed by atoms with Gasteiger partial charge in [0.1, 0.15) is 11.3 Å². The van der Waals surface area contributed by atoms with Gasteiger partial charge < -0.3 is 19.9 Å². The molecule has 0 spiro atoms. The van der Waals surface area contributed by atoms with Crippen LogP contribution in [0, 0.1) is 18.3 Å². The number of aromatic amines is 1. The fourth-order valence-electron chi connectivity index (χ4n) is 6.06. The molecule has 0 unspecified atom stereocenters. The zero-order valence-electron chi connectivity index (χ0n) is 22.1. The Labute approximate surface area is 213 Å². The zero-order chi connectivity index (χ0) is 25.8. The summed E-state index contributed by atoms with van der Waals surface area (Å²) >= 11 is 0. The summed E-state index contributed by atoms with van der Waals surface area (Å²) in [7, 11) is 1.61. The summed E-state index contributed by atoms with van der Waals surface area (Å²) in [5.74, 6) is 1.19. The maximum Gasteiger partial charge on any atom is 0.249 e. The molecule has 2 fully saturated rings. The number of carbonyl (C=O) groups excluding carboxylic acids is 2. The number of benzene rings is 2. The highest BCUT2D eigenvalue weighted by molar-refractivity contribution is 6.00. The summed E-state index contributed by atoms with van der Waals surface area (Å²) in [4.78, 5) is 32.6. The summed E-state index contributed by atoms with van der Waals surface area (Å²) < 4.78 is 5.21. The maximum atomic E-state index is 13.8. The number of fused-ring (bicyclic) bond motifs is 1. The van der Waals surface area contributed by atoms with Crippen molar-refractivity contribution in [2.75, 3.05) is 12.4 Å². The van der Waals surface area contributed by atoms with E-state index < -0.39 is 5.54 Å². The molecule has 0 radical (unpaired) electrons. The van der Waals surface area contributed by atoms with Crippen molar-refractivity contribution in [3.63, 3.8) is 0 Å². The number of carbonyl (C=O) groups is 2. The predicted molar refractivity (Wildman–Crippen MR) is 143 cm³/mol. The number of aryl methyl sites for hydroxylation is 1. The Morgan fingerprint density at radius 2 is 1.78 bits per heavy atom. The second-order valence-electron chi connectivity index (χ2n) is 11.6. The molecule has 2 atom stereocenters. The van der Waals surface area contributed by atoms with Crippen LogP contribution >= 0.6 is 0 Å². The average molecular weight is 488 g/mol. The van der Waals surface area contributed by atoms with Gasteiger partial charge in [-0.05, 0) is 86.8 Å². The normalized spacial score (nSPS) is 20.7. The van der Waals surface area contributed by atoms with Crippen molar-refractivity contribution in [1.29, 1.82) is 0 Å². The van der Waals surface area contributed by atoms with E-state index in [0.717, 1.165) is 24.1 Å². The number of hydrogen-bond donors (Lipinski definition) is 2. The smallest absolute Gasteiger partial charge is 0.249 e. The SMILES string of the molecule is COc1ccc(NC(=O)C(C)(C)N(C(=O)C[C@@H]2[C@@H](c3c(C)[nH]c4ccccc34)C2(C)C)C2CC2)cc1. The first-order valence-electron chi connectivity index (χ1n) is 12.9.